The third kappa shape index (κ3) is 4.65. The van der Waals surface area contributed by atoms with Gasteiger partial charge in [-0.1, -0.05) is 59.1 Å². The maximum absolute atomic E-state index is 13.1. The summed E-state index contributed by atoms with van der Waals surface area (Å²) in [7, 11) is 0. The van der Waals surface area contributed by atoms with Crippen molar-refractivity contribution in [1.29, 1.82) is 0 Å². The second-order valence-corrected chi connectivity index (χ2v) is 8.43. The topological polar surface area (TPSA) is 46.9 Å². The van der Waals surface area contributed by atoms with E-state index in [9.17, 15) is 9.18 Å². The van der Waals surface area contributed by atoms with E-state index in [0.29, 0.717) is 32.0 Å². The van der Waals surface area contributed by atoms with Crippen LogP contribution >= 0.6 is 34.8 Å². The maximum atomic E-state index is 13.1. The van der Waals surface area contributed by atoms with Crippen molar-refractivity contribution in [2.24, 2.45) is 0 Å². The fourth-order valence-corrected chi connectivity index (χ4v) is 3.97. The maximum Gasteiger partial charge on any atom is 0.272 e. The number of amides is 1. The van der Waals surface area contributed by atoms with Crippen LogP contribution in [-0.2, 0) is 6.54 Å². The van der Waals surface area contributed by atoms with Crippen LogP contribution in [0.4, 0.5) is 4.39 Å². The largest absolute Gasteiger partial charge is 0.347 e. The van der Waals surface area contributed by atoms with Crippen LogP contribution in [0.2, 0.25) is 15.1 Å². The van der Waals surface area contributed by atoms with E-state index >= 15 is 0 Å². The van der Waals surface area contributed by atoms with Crippen LogP contribution in [0.1, 0.15) is 21.6 Å². The molecule has 0 fully saturated rings. The molecule has 0 saturated carbocycles. The SMILES string of the molecule is Cc1c(C(=O)NCc2ccc(F)cc2)nn(-c2ccc(Cl)cc2Cl)c1-c1ccc(Cl)cc1. The number of nitrogens with zero attached hydrogens (tertiary/aromatic N) is 2. The van der Waals surface area contributed by atoms with Gasteiger partial charge in [-0.2, -0.15) is 5.10 Å². The summed E-state index contributed by atoms with van der Waals surface area (Å²) in [5, 5.41) is 8.91. The minimum atomic E-state index is -0.356. The average Bonchev–Trinajstić information content (AvgIpc) is 3.10. The predicted molar refractivity (Wildman–Crippen MR) is 126 cm³/mol. The molecule has 3 aromatic carbocycles. The van der Waals surface area contributed by atoms with E-state index < -0.39 is 0 Å². The Kier molecular flexibility index (Phi) is 6.51. The summed E-state index contributed by atoms with van der Waals surface area (Å²) in [5.41, 5.74) is 3.82. The fraction of sp³-hybridized carbons (Fsp3) is 0.0833. The molecule has 0 bridgehead atoms. The Morgan fingerprint density at radius 3 is 2.28 bits per heavy atom. The highest BCUT2D eigenvalue weighted by atomic mass is 35.5. The number of aromatic nitrogens is 2. The van der Waals surface area contributed by atoms with Gasteiger partial charge in [0.05, 0.1) is 16.4 Å². The lowest BCUT2D eigenvalue weighted by atomic mass is 10.1. The monoisotopic (exact) mass is 487 g/mol. The van der Waals surface area contributed by atoms with Crippen molar-refractivity contribution < 1.29 is 9.18 Å². The Morgan fingerprint density at radius 2 is 1.62 bits per heavy atom. The molecule has 0 saturated heterocycles. The summed E-state index contributed by atoms with van der Waals surface area (Å²) in [4.78, 5) is 13.0. The first-order valence-corrected chi connectivity index (χ1v) is 10.8. The molecule has 1 heterocycles. The van der Waals surface area contributed by atoms with Crippen LogP contribution in [0.15, 0.2) is 66.7 Å². The number of benzene rings is 3. The van der Waals surface area contributed by atoms with Gasteiger partial charge in [-0.05, 0) is 55.0 Å². The number of nitrogens with one attached hydrogen (secondary N) is 1. The smallest absolute Gasteiger partial charge is 0.272 e. The molecular formula is C24H17Cl3FN3O. The van der Waals surface area contributed by atoms with Crippen LogP contribution in [-0.4, -0.2) is 15.7 Å². The van der Waals surface area contributed by atoms with E-state index in [1.165, 1.54) is 12.1 Å². The molecule has 8 heteroatoms. The van der Waals surface area contributed by atoms with E-state index in [4.69, 9.17) is 34.8 Å². The number of carbonyl (C=O) groups excluding carboxylic acids is 1. The minimum Gasteiger partial charge on any atom is -0.347 e. The number of carbonyl (C=O) groups is 1. The summed E-state index contributed by atoms with van der Waals surface area (Å²) in [6, 6.07) is 18.3. The second-order valence-electron chi connectivity index (χ2n) is 7.15. The van der Waals surface area contributed by atoms with Gasteiger partial charge >= 0.3 is 0 Å². The Balaban J connectivity index is 1.75. The van der Waals surface area contributed by atoms with Crippen molar-refractivity contribution in [1.82, 2.24) is 15.1 Å². The van der Waals surface area contributed by atoms with Crippen molar-refractivity contribution in [3.8, 4) is 16.9 Å². The van der Waals surface area contributed by atoms with Gasteiger partial charge in [-0.25, -0.2) is 9.07 Å². The lowest BCUT2D eigenvalue weighted by Crippen LogP contribution is -2.24. The normalized spacial score (nSPS) is 10.9. The van der Waals surface area contributed by atoms with Crippen molar-refractivity contribution in [2.75, 3.05) is 0 Å². The number of rotatable bonds is 5. The molecule has 162 valence electrons. The van der Waals surface area contributed by atoms with Crippen LogP contribution < -0.4 is 5.32 Å². The van der Waals surface area contributed by atoms with E-state index in [1.54, 1.807) is 47.1 Å². The number of hydrogen-bond donors (Lipinski definition) is 1. The molecule has 1 N–H and O–H groups in total. The predicted octanol–water partition coefficient (Wildman–Crippen LogP) is 6.88. The minimum absolute atomic E-state index is 0.239. The van der Waals surface area contributed by atoms with Crippen molar-refractivity contribution in [3.05, 3.63) is 104 Å². The van der Waals surface area contributed by atoms with E-state index in [-0.39, 0.29) is 24.0 Å². The van der Waals surface area contributed by atoms with Crippen LogP contribution in [0.3, 0.4) is 0 Å². The zero-order chi connectivity index (χ0) is 22.8. The molecule has 0 atom stereocenters. The lowest BCUT2D eigenvalue weighted by Gasteiger charge is -2.11. The fourth-order valence-electron chi connectivity index (χ4n) is 3.35. The molecule has 1 amide bonds. The van der Waals surface area contributed by atoms with E-state index in [1.807, 2.05) is 19.1 Å². The molecule has 4 nitrogen and oxygen atoms in total. The number of hydrogen-bond acceptors (Lipinski definition) is 2. The molecule has 0 unspecified atom stereocenters. The molecule has 4 aromatic rings. The van der Waals surface area contributed by atoms with Gasteiger partial charge in [-0.3, -0.25) is 4.79 Å². The highest BCUT2D eigenvalue weighted by molar-refractivity contribution is 6.35. The molecule has 4 rings (SSSR count). The Bertz CT molecular complexity index is 1290. The first-order valence-electron chi connectivity index (χ1n) is 9.67. The molecule has 32 heavy (non-hydrogen) atoms. The standard InChI is InChI=1S/C24H17Cl3FN3O/c1-14-22(24(32)29-13-15-2-9-19(28)10-3-15)30-31(21-11-8-18(26)12-20(21)27)23(14)16-4-6-17(25)7-5-16/h2-12H,13H2,1H3,(H,29,32). The van der Waals surface area contributed by atoms with Crippen LogP contribution in [0.25, 0.3) is 16.9 Å². The zero-order valence-electron chi connectivity index (χ0n) is 16.9. The molecule has 1 aromatic heterocycles. The van der Waals surface area contributed by atoms with Gasteiger partial charge in [0.2, 0.25) is 0 Å². The Hall–Kier alpha value is -2.86. The molecule has 0 aliphatic carbocycles. The van der Waals surface area contributed by atoms with Gasteiger partial charge in [0.1, 0.15) is 5.82 Å². The van der Waals surface area contributed by atoms with Crippen molar-refractivity contribution >= 4 is 40.7 Å². The van der Waals surface area contributed by atoms with Crippen LogP contribution in [0.5, 0.6) is 0 Å². The van der Waals surface area contributed by atoms with Crippen molar-refractivity contribution in [2.45, 2.75) is 13.5 Å². The number of halogens is 4. The Labute approximate surface area is 199 Å². The molecule has 0 aliphatic heterocycles. The third-order valence-corrected chi connectivity index (χ3v) is 5.75. The highest BCUT2D eigenvalue weighted by Gasteiger charge is 2.23. The summed E-state index contributed by atoms with van der Waals surface area (Å²) in [5.74, 6) is -0.687. The summed E-state index contributed by atoms with van der Waals surface area (Å²) < 4.78 is 14.8. The van der Waals surface area contributed by atoms with Gasteiger partial charge in [0.15, 0.2) is 5.69 Å². The Morgan fingerprint density at radius 1 is 0.969 bits per heavy atom. The summed E-state index contributed by atoms with van der Waals surface area (Å²) >= 11 is 18.6. The molecule has 0 radical (unpaired) electrons. The van der Waals surface area contributed by atoms with Crippen LogP contribution in [0, 0.1) is 12.7 Å². The average molecular weight is 489 g/mol. The molecular weight excluding hydrogens is 472 g/mol. The first kappa shape index (κ1) is 22.3. The van der Waals surface area contributed by atoms with E-state index in [2.05, 4.69) is 10.4 Å². The van der Waals surface area contributed by atoms with Gasteiger partial charge in [0.25, 0.3) is 5.91 Å². The second kappa shape index (κ2) is 9.33. The van der Waals surface area contributed by atoms with Crippen molar-refractivity contribution in [3.63, 3.8) is 0 Å². The van der Waals surface area contributed by atoms with Gasteiger partial charge < -0.3 is 5.32 Å². The van der Waals surface area contributed by atoms with Gasteiger partial charge in [-0.15, -0.1) is 0 Å². The quantitative estimate of drug-likeness (QED) is 0.333. The summed E-state index contributed by atoms with van der Waals surface area (Å²) in [6.45, 7) is 2.06. The third-order valence-electron chi connectivity index (χ3n) is 4.96. The highest BCUT2D eigenvalue weighted by Crippen LogP contribution is 2.33. The lowest BCUT2D eigenvalue weighted by molar-refractivity contribution is 0.0945. The molecule has 0 spiro atoms. The van der Waals surface area contributed by atoms with Gasteiger partial charge in [0, 0.05) is 27.7 Å². The first-order chi connectivity index (χ1) is 15.3. The van der Waals surface area contributed by atoms with E-state index in [0.717, 1.165) is 11.1 Å². The zero-order valence-corrected chi connectivity index (χ0v) is 19.1. The summed E-state index contributed by atoms with van der Waals surface area (Å²) in [6.07, 6.45) is 0. The molecule has 0 aliphatic rings.